The van der Waals surface area contributed by atoms with Gasteiger partial charge in [-0.05, 0) is 97.3 Å². The van der Waals surface area contributed by atoms with E-state index < -0.39 is 0 Å². The second-order valence-corrected chi connectivity index (χ2v) is 10.6. The summed E-state index contributed by atoms with van der Waals surface area (Å²) in [5.74, 6) is 1.03. The average Bonchev–Trinajstić information content (AvgIpc) is 3.51. The number of carbonyl (C=O) groups is 2. The van der Waals surface area contributed by atoms with Gasteiger partial charge in [0.25, 0.3) is 5.91 Å². The molecule has 5 rings (SSSR count). The summed E-state index contributed by atoms with van der Waals surface area (Å²) >= 11 is 3.67. The zero-order valence-electron chi connectivity index (χ0n) is 18.1. The number of hydrogen-bond donors (Lipinski definition) is 1. The minimum absolute atomic E-state index is 0.164. The highest BCUT2D eigenvalue weighted by Gasteiger charge is 2.43. The van der Waals surface area contributed by atoms with Crippen molar-refractivity contribution in [3.8, 4) is 0 Å². The fourth-order valence-corrected chi connectivity index (χ4v) is 6.27. The monoisotopic (exact) mass is 487 g/mol. The minimum Gasteiger partial charge on any atom is -0.393 e. The fourth-order valence-electron chi connectivity index (χ4n) is 5.53. The number of nitrogens with zero attached hydrogens (tertiary/aromatic N) is 3. The quantitative estimate of drug-likeness (QED) is 0.683. The van der Waals surface area contributed by atoms with Gasteiger partial charge in [0.2, 0.25) is 0 Å². The van der Waals surface area contributed by atoms with Gasteiger partial charge in [0, 0.05) is 23.5 Å². The second kappa shape index (κ2) is 8.00. The van der Waals surface area contributed by atoms with Crippen molar-refractivity contribution in [1.29, 1.82) is 0 Å². The predicted molar refractivity (Wildman–Crippen MR) is 122 cm³/mol. The Labute approximate surface area is 191 Å². The Balaban J connectivity index is 1.36. The number of likely N-dealkylation sites (tertiary alicyclic amines) is 1. The maximum absolute atomic E-state index is 13.4. The van der Waals surface area contributed by atoms with E-state index in [2.05, 4.69) is 33.0 Å². The largest absolute Gasteiger partial charge is 0.393 e. The lowest BCUT2D eigenvalue weighted by atomic mass is 9.69. The third-order valence-corrected chi connectivity index (χ3v) is 8.25. The van der Waals surface area contributed by atoms with E-state index in [1.165, 1.54) is 18.4 Å². The Morgan fingerprint density at radius 2 is 1.87 bits per heavy atom. The fraction of sp³-hybridized carbons (Fsp3) is 0.625. The number of benzene rings is 1. The molecule has 3 aliphatic rings. The van der Waals surface area contributed by atoms with Crippen LogP contribution >= 0.6 is 15.9 Å². The number of aryl methyl sites for hydroxylation is 1. The van der Waals surface area contributed by atoms with Crippen molar-refractivity contribution in [3.05, 3.63) is 28.0 Å². The van der Waals surface area contributed by atoms with E-state index in [4.69, 9.17) is 0 Å². The van der Waals surface area contributed by atoms with Gasteiger partial charge in [-0.2, -0.15) is 0 Å². The van der Waals surface area contributed by atoms with Crippen molar-refractivity contribution < 1.29 is 14.7 Å². The number of fused-ring (bicyclic) bond motifs is 1. The van der Waals surface area contributed by atoms with Gasteiger partial charge in [-0.15, -0.1) is 0 Å². The molecular weight excluding hydrogens is 458 g/mol. The molecule has 0 unspecified atom stereocenters. The van der Waals surface area contributed by atoms with E-state index in [-0.39, 0.29) is 29.8 Å². The van der Waals surface area contributed by atoms with Crippen LogP contribution in [0.4, 0.5) is 0 Å². The van der Waals surface area contributed by atoms with Crippen LogP contribution < -0.4 is 0 Å². The second-order valence-electron chi connectivity index (χ2n) is 9.76. The molecule has 6 nitrogen and oxygen atoms in total. The van der Waals surface area contributed by atoms with Crippen molar-refractivity contribution in [2.24, 2.45) is 12.5 Å². The molecule has 0 atom stereocenters. The molecular formula is C24H30BrN3O3. The van der Waals surface area contributed by atoms with E-state index in [9.17, 15) is 14.7 Å². The summed E-state index contributed by atoms with van der Waals surface area (Å²) in [5.41, 5.74) is 2.72. The summed E-state index contributed by atoms with van der Waals surface area (Å²) in [6.07, 6.45) is 7.87. The normalized spacial score (nSPS) is 27.5. The molecule has 2 saturated carbocycles. The molecule has 1 saturated heterocycles. The summed E-state index contributed by atoms with van der Waals surface area (Å²) in [6.45, 7) is 0.754. The third kappa shape index (κ3) is 3.84. The molecule has 1 amide bonds. The SMILES string of the molecule is Cn1c(C(=O)N2CCC3(CCCC(O)CCC3)C(=O)C2)nc2cc(C3CC3)cc(Br)c21. The van der Waals surface area contributed by atoms with Crippen LogP contribution in [0.3, 0.4) is 0 Å². The van der Waals surface area contributed by atoms with Gasteiger partial charge < -0.3 is 14.6 Å². The Bertz CT molecular complexity index is 1030. The van der Waals surface area contributed by atoms with Crippen molar-refractivity contribution in [1.82, 2.24) is 14.5 Å². The smallest absolute Gasteiger partial charge is 0.290 e. The Morgan fingerprint density at radius 1 is 1.16 bits per heavy atom. The molecule has 1 aromatic heterocycles. The number of aromatic nitrogens is 2. The van der Waals surface area contributed by atoms with Gasteiger partial charge in [-0.25, -0.2) is 4.98 Å². The molecule has 166 valence electrons. The van der Waals surface area contributed by atoms with Crippen LogP contribution in [0, 0.1) is 5.41 Å². The van der Waals surface area contributed by atoms with Crippen LogP contribution in [0.25, 0.3) is 11.0 Å². The number of amides is 1. The van der Waals surface area contributed by atoms with Crippen molar-refractivity contribution in [3.63, 3.8) is 0 Å². The average molecular weight is 488 g/mol. The molecule has 1 aromatic carbocycles. The number of carbonyl (C=O) groups excluding carboxylic acids is 2. The number of rotatable bonds is 2. The maximum atomic E-state index is 13.4. The summed E-state index contributed by atoms with van der Waals surface area (Å²) in [7, 11) is 1.87. The highest BCUT2D eigenvalue weighted by molar-refractivity contribution is 9.10. The lowest BCUT2D eigenvalue weighted by molar-refractivity contribution is -0.135. The first-order valence-electron chi connectivity index (χ1n) is 11.5. The number of Topliss-reactive ketones (excluding diaryl/α,β-unsaturated/α-hetero) is 1. The Kier molecular flexibility index (Phi) is 5.45. The highest BCUT2D eigenvalue weighted by Crippen LogP contribution is 2.43. The number of piperidine rings is 1. The summed E-state index contributed by atoms with van der Waals surface area (Å²) in [4.78, 5) is 32.9. The van der Waals surface area contributed by atoms with Crippen molar-refractivity contribution >= 4 is 38.7 Å². The van der Waals surface area contributed by atoms with E-state index in [0.29, 0.717) is 24.7 Å². The summed E-state index contributed by atoms with van der Waals surface area (Å²) in [5, 5.41) is 9.91. The van der Waals surface area contributed by atoms with E-state index in [1.54, 1.807) is 4.90 Å². The molecule has 2 aromatic rings. The highest BCUT2D eigenvalue weighted by atomic mass is 79.9. The zero-order valence-corrected chi connectivity index (χ0v) is 19.7. The molecule has 2 aliphatic carbocycles. The van der Waals surface area contributed by atoms with Gasteiger partial charge >= 0.3 is 0 Å². The van der Waals surface area contributed by atoms with Crippen molar-refractivity contribution in [2.75, 3.05) is 13.1 Å². The van der Waals surface area contributed by atoms with E-state index >= 15 is 0 Å². The molecule has 1 spiro atoms. The molecule has 0 radical (unpaired) electrons. The lowest BCUT2D eigenvalue weighted by Gasteiger charge is -2.41. The first kappa shape index (κ1) is 21.1. The molecule has 7 heteroatoms. The number of aliphatic hydroxyl groups is 1. The first-order chi connectivity index (χ1) is 14.9. The van der Waals surface area contributed by atoms with Gasteiger partial charge in [0.1, 0.15) is 0 Å². The Morgan fingerprint density at radius 3 is 2.52 bits per heavy atom. The van der Waals surface area contributed by atoms with Crippen LogP contribution in [0.1, 0.15) is 79.9 Å². The zero-order chi connectivity index (χ0) is 21.8. The van der Waals surface area contributed by atoms with E-state index in [0.717, 1.165) is 54.0 Å². The number of halogens is 1. The van der Waals surface area contributed by atoms with Crippen LogP contribution in [-0.4, -0.2) is 50.4 Å². The molecule has 0 bridgehead atoms. The molecule has 3 fully saturated rings. The minimum atomic E-state index is -0.314. The van der Waals surface area contributed by atoms with Crippen LogP contribution in [0.15, 0.2) is 16.6 Å². The lowest BCUT2D eigenvalue weighted by Crippen LogP contribution is -2.50. The molecule has 1 aliphatic heterocycles. The van der Waals surface area contributed by atoms with Crippen LogP contribution in [0.2, 0.25) is 0 Å². The summed E-state index contributed by atoms with van der Waals surface area (Å²) in [6, 6.07) is 4.25. The molecule has 31 heavy (non-hydrogen) atoms. The third-order valence-electron chi connectivity index (χ3n) is 7.64. The van der Waals surface area contributed by atoms with E-state index in [1.807, 2.05) is 11.6 Å². The molecule has 2 heterocycles. The van der Waals surface area contributed by atoms with Gasteiger partial charge in [-0.1, -0.05) is 0 Å². The van der Waals surface area contributed by atoms with Gasteiger partial charge in [0.05, 0.1) is 23.7 Å². The van der Waals surface area contributed by atoms with Crippen LogP contribution in [-0.2, 0) is 11.8 Å². The first-order valence-corrected chi connectivity index (χ1v) is 12.3. The predicted octanol–water partition coefficient (Wildman–Crippen LogP) is 4.33. The van der Waals surface area contributed by atoms with Crippen molar-refractivity contribution in [2.45, 2.75) is 69.8 Å². The Hall–Kier alpha value is -1.73. The topological polar surface area (TPSA) is 75.4 Å². The molecule has 1 N–H and O–H groups in total. The summed E-state index contributed by atoms with van der Waals surface area (Å²) < 4.78 is 2.82. The van der Waals surface area contributed by atoms with Gasteiger partial charge in [-0.3, -0.25) is 9.59 Å². The van der Waals surface area contributed by atoms with Gasteiger partial charge in [0.15, 0.2) is 11.6 Å². The number of hydrogen-bond acceptors (Lipinski definition) is 4. The standard InChI is InChI=1S/C24H30BrN3O3/c1-27-21-18(25)12-16(15-6-7-15)13-19(21)26-22(27)23(31)28-11-10-24(20(30)14-28)8-2-4-17(29)5-3-9-24/h12-13,15,17,29H,2-11,14H2,1H3. The number of ketones is 1. The number of aliphatic hydroxyl groups excluding tert-OH is 1. The van der Waals surface area contributed by atoms with Crippen LogP contribution in [0.5, 0.6) is 0 Å². The number of imidazole rings is 1. The maximum Gasteiger partial charge on any atom is 0.290 e.